The van der Waals surface area contributed by atoms with Crippen molar-refractivity contribution >= 4 is 11.9 Å². The number of nitrogens with zero attached hydrogens (tertiary/aromatic N) is 2. The standard InChI is InChI=1S/C9H10N2O/c1-10-7-11(12)6-8-4-2-3-5-9(8)10/h2-6H,7H2,1H3. The Bertz CT molecular complexity index is 333. The van der Waals surface area contributed by atoms with Gasteiger partial charge in [-0.05, 0) is 12.1 Å². The maximum absolute atomic E-state index is 11.1. The average molecular weight is 162 g/mol. The van der Waals surface area contributed by atoms with Gasteiger partial charge in [-0.2, -0.15) is 4.74 Å². The van der Waals surface area contributed by atoms with Crippen LogP contribution in [0.5, 0.6) is 0 Å². The van der Waals surface area contributed by atoms with Crippen LogP contribution in [-0.2, 0) is 0 Å². The summed E-state index contributed by atoms with van der Waals surface area (Å²) in [5, 5.41) is 11.1. The maximum atomic E-state index is 11.1. The minimum Gasteiger partial charge on any atom is -0.622 e. The minimum atomic E-state index is 0.414. The van der Waals surface area contributed by atoms with E-state index in [1.54, 1.807) is 6.21 Å². The summed E-state index contributed by atoms with van der Waals surface area (Å²) in [6.45, 7) is 0.414. The van der Waals surface area contributed by atoms with Crippen LogP contribution in [0.2, 0.25) is 0 Å². The molecule has 1 aromatic rings. The third-order valence-corrected chi connectivity index (χ3v) is 1.98. The summed E-state index contributed by atoms with van der Waals surface area (Å²) in [4.78, 5) is 1.93. The van der Waals surface area contributed by atoms with Gasteiger partial charge in [0.05, 0.1) is 11.3 Å². The fourth-order valence-electron chi connectivity index (χ4n) is 1.43. The minimum absolute atomic E-state index is 0.414. The molecule has 0 saturated carbocycles. The first-order valence-corrected chi connectivity index (χ1v) is 3.86. The molecule has 0 saturated heterocycles. The van der Waals surface area contributed by atoms with Crippen LogP contribution in [0.4, 0.5) is 5.69 Å². The molecule has 0 spiro atoms. The van der Waals surface area contributed by atoms with Crippen LogP contribution in [0.1, 0.15) is 5.56 Å². The number of anilines is 1. The second kappa shape index (κ2) is 2.52. The van der Waals surface area contributed by atoms with Crippen molar-refractivity contribution in [1.82, 2.24) is 0 Å². The van der Waals surface area contributed by atoms with Crippen LogP contribution < -0.4 is 4.90 Å². The van der Waals surface area contributed by atoms with E-state index in [2.05, 4.69) is 0 Å². The number of benzene rings is 1. The Kier molecular flexibility index (Phi) is 1.50. The highest BCUT2D eigenvalue weighted by atomic mass is 16.5. The monoisotopic (exact) mass is 162 g/mol. The van der Waals surface area contributed by atoms with Crippen LogP contribution in [0, 0.1) is 5.21 Å². The van der Waals surface area contributed by atoms with E-state index in [-0.39, 0.29) is 0 Å². The zero-order chi connectivity index (χ0) is 8.55. The molecular formula is C9H10N2O. The molecule has 0 N–H and O–H groups in total. The number of para-hydroxylation sites is 1. The molecule has 1 heterocycles. The largest absolute Gasteiger partial charge is 0.622 e. The summed E-state index contributed by atoms with van der Waals surface area (Å²) < 4.78 is 0.933. The molecule has 1 aromatic carbocycles. The van der Waals surface area contributed by atoms with Gasteiger partial charge in [0.2, 0.25) is 6.67 Å². The van der Waals surface area contributed by atoms with Crippen LogP contribution in [0.3, 0.4) is 0 Å². The van der Waals surface area contributed by atoms with Gasteiger partial charge in [-0.25, -0.2) is 0 Å². The first-order chi connectivity index (χ1) is 5.77. The smallest absolute Gasteiger partial charge is 0.228 e. The zero-order valence-corrected chi connectivity index (χ0v) is 6.90. The summed E-state index contributed by atoms with van der Waals surface area (Å²) >= 11 is 0. The SMILES string of the molecule is CN1C[N+]([O-])=Cc2ccccc21. The highest BCUT2D eigenvalue weighted by molar-refractivity contribution is 5.86. The summed E-state index contributed by atoms with van der Waals surface area (Å²) in [5.41, 5.74) is 2.10. The molecule has 2 rings (SSSR count). The summed E-state index contributed by atoms with van der Waals surface area (Å²) in [7, 11) is 1.91. The molecule has 0 radical (unpaired) electrons. The van der Waals surface area contributed by atoms with Gasteiger partial charge < -0.3 is 10.1 Å². The number of hydrogen-bond acceptors (Lipinski definition) is 2. The van der Waals surface area contributed by atoms with Crippen molar-refractivity contribution in [2.75, 3.05) is 18.6 Å². The van der Waals surface area contributed by atoms with Crippen molar-refractivity contribution in [2.45, 2.75) is 0 Å². The number of rotatable bonds is 0. The molecule has 0 aliphatic carbocycles. The Balaban J connectivity index is 2.55. The van der Waals surface area contributed by atoms with Crippen molar-refractivity contribution < 1.29 is 4.74 Å². The Hall–Kier alpha value is -1.51. The van der Waals surface area contributed by atoms with Gasteiger partial charge in [0.25, 0.3) is 0 Å². The molecule has 0 bridgehead atoms. The molecule has 3 heteroatoms. The van der Waals surface area contributed by atoms with Crippen molar-refractivity contribution in [3.05, 3.63) is 35.0 Å². The van der Waals surface area contributed by atoms with E-state index in [1.807, 2.05) is 36.2 Å². The quantitative estimate of drug-likeness (QED) is 0.421. The molecule has 0 unspecified atom stereocenters. The lowest BCUT2D eigenvalue weighted by Gasteiger charge is -2.23. The third-order valence-electron chi connectivity index (χ3n) is 1.98. The molecule has 0 aromatic heterocycles. The number of hydrogen-bond donors (Lipinski definition) is 0. The molecular weight excluding hydrogens is 152 g/mol. The Morgan fingerprint density at radius 2 is 2.17 bits per heavy atom. The maximum Gasteiger partial charge on any atom is 0.228 e. The summed E-state index contributed by atoms with van der Waals surface area (Å²) in [5.74, 6) is 0. The van der Waals surface area contributed by atoms with E-state index in [1.165, 1.54) is 0 Å². The normalized spacial score (nSPS) is 15.4. The molecule has 1 aliphatic heterocycles. The number of hydroxylamine groups is 1. The van der Waals surface area contributed by atoms with E-state index in [9.17, 15) is 5.21 Å². The van der Waals surface area contributed by atoms with Gasteiger partial charge >= 0.3 is 0 Å². The molecule has 0 atom stereocenters. The first kappa shape index (κ1) is 7.16. The fourth-order valence-corrected chi connectivity index (χ4v) is 1.43. The molecule has 62 valence electrons. The predicted octanol–water partition coefficient (Wildman–Crippen LogP) is 1.02. The molecule has 12 heavy (non-hydrogen) atoms. The van der Waals surface area contributed by atoms with Gasteiger partial charge in [0.15, 0.2) is 6.21 Å². The fraction of sp³-hybridized carbons (Fsp3) is 0.222. The third kappa shape index (κ3) is 1.03. The summed E-state index contributed by atoms with van der Waals surface area (Å²) in [6.07, 6.45) is 1.62. The van der Waals surface area contributed by atoms with Gasteiger partial charge in [-0.1, -0.05) is 12.1 Å². The van der Waals surface area contributed by atoms with Crippen molar-refractivity contribution in [1.29, 1.82) is 0 Å². The van der Waals surface area contributed by atoms with Crippen LogP contribution >= 0.6 is 0 Å². The van der Waals surface area contributed by atoms with Gasteiger partial charge in [0.1, 0.15) is 0 Å². The van der Waals surface area contributed by atoms with E-state index in [4.69, 9.17) is 0 Å². The lowest BCUT2D eigenvalue weighted by molar-refractivity contribution is -0.452. The Labute approximate surface area is 71.1 Å². The van der Waals surface area contributed by atoms with E-state index in [0.29, 0.717) is 6.67 Å². The van der Waals surface area contributed by atoms with E-state index < -0.39 is 0 Å². The second-order valence-corrected chi connectivity index (χ2v) is 2.94. The van der Waals surface area contributed by atoms with Gasteiger partial charge in [-0.3, -0.25) is 0 Å². The molecule has 0 amide bonds. The van der Waals surface area contributed by atoms with Crippen molar-refractivity contribution in [3.63, 3.8) is 0 Å². The van der Waals surface area contributed by atoms with Crippen molar-refractivity contribution in [2.24, 2.45) is 0 Å². The highest BCUT2D eigenvalue weighted by Gasteiger charge is 2.14. The van der Waals surface area contributed by atoms with Gasteiger partial charge in [-0.15, -0.1) is 0 Å². The second-order valence-electron chi connectivity index (χ2n) is 2.94. The topological polar surface area (TPSA) is 29.3 Å². The first-order valence-electron chi connectivity index (χ1n) is 3.86. The van der Waals surface area contributed by atoms with Crippen LogP contribution in [0.15, 0.2) is 24.3 Å². The van der Waals surface area contributed by atoms with E-state index in [0.717, 1.165) is 16.0 Å². The van der Waals surface area contributed by atoms with E-state index >= 15 is 0 Å². The highest BCUT2D eigenvalue weighted by Crippen LogP contribution is 2.19. The predicted molar refractivity (Wildman–Crippen MR) is 48.5 cm³/mol. The van der Waals surface area contributed by atoms with Crippen LogP contribution in [0.25, 0.3) is 0 Å². The van der Waals surface area contributed by atoms with Crippen molar-refractivity contribution in [3.8, 4) is 0 Å². The molecule has 0 fully saturated rings. The molecule has 1 aliphatic rings. The Morgan fingerprint density at radius 1 is 1.42 bits per heavy atom. The zero-order valence-electron chi connectivity index (χ0n) is 6.90. The summed E-state index contributed by atoms with van der Waals surface area (Å²) in [6, 6.07) is 7.86. The average Bonchev–Trinajstić information content (AvgIpc) is 2.04. The lowest BCUT2D eigenvalue weighted by atomic mass is 10.1. The molecule has 3 nitrogen and oxygen atoms in total. The number of fused-ring (bicyclic) bond motifs is 1. The van der Waals surface area contributed by atoms with Gasteiger partial charge in [0, 0.05) is 7.05 Å². The lowest BCUT2D eigenvalue weighted by Crippen LogP contribution is -2.31. The van der Waals surface area contributed by atoms with Crippen LogP contribution in [-0.4, -0.2) is 24.7 Å². The Morgan fingerprint density at radius 3 is 3.00 bits per heavy atom.